The minimum Gasteiger partial charge on any atom is -0.459 e. The van der Waals surface area contributed by atoms with Gasteiger partial charge in [-0.15, -0.1) is 0 Å². The molecule has 0 bridgehead atoms. The number of hydrogen-bond donors (Lipinski definition) is 1. The second-order valence-electron chi connectivity index (χ2n) is 8.29. The molecule has 1 N–H and O–H groups in total. The van der Waals surface area contributed by atoms with Crippen molar-refractivity contribution in [2.45, 2.75) is 39.3 Å². The molecule has 0 saturated carbocycles. The molecule has 162 valence electrons. The quantitative estimate of drug-likeness (QED) is 0.682. The predicted molar refractivity (Wildman–Crippen MR) is 116 cm³/mol. The second-order valence-corrected chi connectivity index (χ2v) is 8.29. The number of likely N-dealkylation sites (tertiary alicyclic amines) is 1. The van der Waals surface area contributed by atoms with Crippen LogP contribution in [0.4, 0.5) is 0 Å². The number of amides is 2. The number of hydrogen-bond acceptors (Lipinski definition) is 5. The second kappa shape index (κ2) is 8.75. The smallest absolute Gasteiger partial charge is 0.289 e. The van der Waals surface area contributed by atoms with Gasteiger partial charge in [-0.05, 0) is 37.0 Å². The Morgan fingerprint density at radius 1 is 1.13 bits per heavy atom. The maximum atomic E-state index is 13.1. The van der Waals surface area contributed by atoms with Crippen molar-refractivity contribution < 1.29 is 14.0 Å². The highest BCUT2D eigenvalue weighted by molar-refractivity contribution is 6.04. The number of rotatable bonds is 5. The first-order valence-corrected chi connectivity index (χ1v) is 10.6. The van der Waals surface area contributed by atoms with E-state index in [1.54, 1.807) is 41.3 Å². The Hall–Kier alpha value is -3.42. The van der Waals surface area contributed by atoms with Gasteiger partial charge in [0.15, 0.2) is 11.5 Å². The zero-order valence-electron chi connectivity index (χ0n) is 17.7. The van der Waals surface area contributed by atoms with Gasteiger partial charge in [0.25, 0.3) is 17.4 Å². The number of fused-ring (bicyclic) bond motifs is 1. The van der Waals surface area contributed by atoms with E-state index in [-0.39, 0.29) is 35.0 Å². The summed E-state index contributed by atoms with van der Waals surface area (Å²) >= 11 is 0. The molecule has 1 aliphatic heterocycles. The number of furan rings is 1. The summed E-state index contributed by atoms with van der Waals surface area (Å²) in [5.41, 5.74) is 0.0653. The van der Waals surface area contributed by atoms with Crippen LogP contribution in [0.1, 0.15) is 47.7 Å². The summed E-state index contributed by atoms with van der Waals surface area (Å²) < 4.78 is 6.57. The van der Waals surface area contributed by atoms with Gasteiger partial charge in [0.1, 0.15) is 0 Å². The Labute approximate surface area is 179 Å². The van der Waals surface area contributed by atoms with Crippen molar-refractivity contribution in [3.05, 3.63) is 64.5 Å². The predicted octanol–water partition coefficient (Wildman–Crippen LogP) is 2.68. The Kier molecular flexibility index (Phi) is 5.88. The highest BCUT2D eigenvalue weighted by Crippen LogP contribution is 2.17. The minimum absolute atomic E-state index is 0.0702. The monoisotopic (exact) mass is 422 g/mol. The molecule has 0 radical (unpaired) electrons. The zero-order valence-corrected chi connectivity index (χ0v) is 17.7. The van der Waals surface area contributed by atoms with Crippen molar-refractivity contribution in [2.75, 3.05) is 13.1 Å². The van der Waals surface area contributed by atoms with Crippen LogP contribution in [0.25, 0.3) is 10.8 Å². The average molecular weight is 422 g/mol. The Bertz CT molecular complexity index is 1140. The van der Waals surface area contributed by atoms with Gasteiger partial charge in [-0.25, -0.2) is 4.68 Å². The average Bonchev–Trinajstić information content (AvgIpc) is 3.30. The van der Waals surface area contributed by atoms with E-state index in [4.69, 9.17) is 4.42 Å². The summed E-state index contributed by atoms with van der Waals surface area (Å²) in [5, 5.41) is 8.48. The van der Waals surface area contributed by atoms with Crippen LogP contribution in [0.15, 0.2) is 51.9 Å². The number of benzene rings is 1. The lowest BCUT2D eigenvalue weighted by Crippen LogP contribution is -2.47. The molecule has 8 nitrogen and oxygen atoms in total. The normalized spacial score (nSPS) is 14.9. The van der Waals surface area contributed by atoms with Crippen LogP contribution >= 0.6 is 0 Å². The van der Waals surface area contributed by atoms with Crippen molar-refractivity contribution in [3.63, 3.8) is 0 Å². The maximum absolute atomic E-state index is 13.1. The number of piperidine rings is 1. The van der Waals surface area contributed by atoms with Crippen LogP contribution in [0.5, 0.6) is 0 Å². The largest absolute Gasteiger partial charge is 0.459 e. The topological polar surface area (TPSA) is 97.4 Å². The van der Waals surface area contributed by atoms with Crippen molar-refractivity contribution in [2.24, 2.45) is 5.92 Å². The summed E-state index contributed by atoms with van der Waals surface area (Å²) in [6, 6.07) is 10.3. The van der Waals surface area contributed by atoms with E-state index in [0.29, 0.717) is 49.0 Å². The highest BCUT2D eigenvalue weighted by atomic mass is 16.3. The van der Waals surface area contributed by atoms with Gasteiger partial charge < -0.3 is 14.6 Å². The lowest BCUT2D eigenvalue weighted by molar-refractivity contribution is 0.0667. The lowest BCUT2D eigenvalue weighted by Gasteiger charge is -2.31. The van der Waals surface area contributed by atoms with Crippen molar-refractivity contribution in [3.8, 4) is 0 Å². The SMILES string of the molecule is CC(C)Cn1nc(C(=O)NC2CCN(C(=O)c3ccco3)CC2)c2ccccc2c1=O. The van der Waals surface area contributed by atoms with Gasteiger partial charge in [-0.1, -0.05) is 32.0 Å². The molecule has 0 aliphatic carbocycles. The van der Waals surface area contributed by atoms with Crippen LogP contribution < -0.4 is 10.9 Å². The fourth-order valence-corrected chi connectivity index (χ4v) is 3.91. The first-order chi connectivity index (χ1) is 14.9. The molecule has 2 amide bonds. The van der Waals surface area contributed by atoms with Gasteiger partial charge in [0.05, 0.1) is 11.6 Å². The first-order valence-electron chi connectivity index (χ1n) is 10.6. The van der Waals surface area contributed by atoms with E-state index >= 15 is 0 Å². The van der Waals surface area contributed by atoms with Crippen molar-refractivity contribution in [1.29, 1.82) is 0 Å². The van der Waals surface area contributed by atoms with E-state index in [2.05, 4.69) is 10.4 Å². The number of nitrogens with zero attached hydrogens (tertiary/aromatic N) is 3. The number of nitrogens with one attached hydrogen (secondary N) is 1. The lowest BCUT2D eigenvalue weighted by atomic mass is 10.0. The van der Waals surface area contributed by atoms with E-state index in [9.17, 15) is 14.4 Å². The van der Waals surface area contributed by atoms with Crippen LogP contribution in [0.2, 0.25) is 0 Å². The summed E-state index contributed by atoms with van der Waals surface area (Å²) in [4.78, 5) is 40.0. The van der Waals surface area contributed by atoms with Gasteiger partial charge in [0.2, 0.25) is 0 Å². The molecule has 4 rings (SSSR count). The van der Waals surface area contributed by atoms with Crippen molar-refractivity contribution in [1.82, 2.24) is 20.0 Å². The molecule has 0 spiro atoms. The van der Waals surface area contributed by atoms with Crippen LogP contribution in [-0.2, 0) is 6.54 Å². The molecule has 31 heavy (non-hydrogen) atoms. The zero-order chi connectivity index (χ0) is 22.0. The standard InChI is InChI=1S/C23H26N4O4/c1-15(2)14-27-22(29)18-7-4-3-6-17(18)20(25-27)21(28)24-16-9-11-26(12-10-16)23(30)19-8-5-13-31-19/h3-8,13,15-16H,9-12,14H2,1-2H3,(H,24,28). The molecule has 8 heteroatoms. The third-order valence-corrected chi connectivity index (χ3v) is 5.47. The number of aromatic nitrogens is 2. The van der Waals surface area contributed by atoms with Crippen LogP contribution in [-0.4, -0.2) is 45.6 Å². The summed E-state index contributed by atoms with van der Waals surface area (Å²) in [7, 11) is 0. The van der Waals surface area contributed by atoms with E-state index in [1.165, 1.54) is 10.9 Å². The van der Waals surface area contributed by atoms with Gasteiger partial charge in [-0.3, -0.25) is 14.4 Å². The van der Waals surface area contributed by atoms with Crippen LogP contribution in [0.3, 0.4) is 0 Å². The molecular formula is C23H26N4O4. The van der Waals surface area contributed by atoms with E-state index < -0.39 is 0 Å². The third-order valence-electron chi connectivity index (χ3n) is 5.47. The summed E-state index contributed by atoms with van der Waals surface area (Å²) in [5.74, 6) is 0.108. The summed E-state index contributed by atoms with van der Waals surface area (Å²) in [6.07, 6.45) is 2.76. The molecule has 1 aromatic carbocycles. The highest BCUT2D eigenvalue weighted by Gasteiger charge is 2.27. The summed E-state index contributed by atoms with van der Waals surface area (Å²) in [6.45, 7) is 5.51. The fraction of sp³-hybridized carbons (Fsp3) is 0.391. The molecule has 0 atom stereocenters. The molecular weight excluding hydrogens is 396 g/mol. The molecule has 1 saturated heterocycles. The Balaban J connectivity index is 1.50. The first kappa shape index (κ1) is 20.8. The Morgan fingerprint density at radius 3 is 2.48 bits per heavy atom. The number of carbonyl (C=O) groups is 2. The van der Waals surface area contributed by atoms with Crippen LogP contribution in [0, 0.1) is 5.92 Å². The van der Waals surface area contributed by atoms with Gasteiger partial charge in [0, 0.05) is 31.1 Å². The van der Waals surface area contributed by atoms with Crippen molar-refractivity contribution >= 4 is 22.6 Å². The maximum Gasteiger partial charge on any atom is 0.289 e. The minimum atomic E-state index is -0.301. The molecule has 0 unspecified atom stereocenters. The molecule has 3 heterocycles. The molecule has 1 aliphatic rings. The van der Waals surface area contributed by atoms with E-state index in [0.717, 1.165) is 0 Å². The number of carbonyl (C=O) groups excluding carboxylic acids is 2. The fourth-order valence-electron chi connectivity index (χ4n) is 3.91. The third kappa shape index (κ3) is 4.38. The molecule has 1 fully saturated rings. The van der Waals surface area contributed by atoms with Gasteiger partial charge in [-0.2, -0.15) is 5.10 Å². The molecule has 2 aromatic heterocycles. The molecule has 3 aromatic rings. The Morgan fingerprint density at radius 2 is 1.84 bits per heavy atom. The van der Waals surface area contributed by atoms with E-state index in [1.807, 2.05) is 13.8 Å². The van der Waals surface area contributed by atoms with Gasteiger partial charge >= 0.3 is 0 Å².